The Morgan fingerprint density at radius 1 is 1.26 bits per heavy atom. The number of nitrogens with zero attached hydrogens (tertiary/aromatic N) is 4. The van der Waals surface area contributed by atoms with Gasteiger partial charge in [0.05, 0.1) is 6.04 Å². The fourth-order valence-electron chi connectivity index (χ4n) is 3.09. The van der Waals surface area contributed by atoms with E-state index < -0.39 is 0 Å². The zero-order chi connectivity index (χ0) is 13.1. The van der Waals surface area contributed by atoms with Gasteiger partial charge in [-0.05, 0) is 25.3 Å². The van der Waals surface area contributed by atoms with E-state index in [4.69, 9.17) is 0 Å². The second-order valence-corrected chi connectivity index (χ2v) is 5.57. The summed E-state index contributed by atoms with van der Waals surface area (Å²) >= 11 is 0. The van der Waals surface area contributed by atoms with Crippen LogP contribution in [0.4, 0.5) is 0 Å². The highest BCUT2D eigenvalue weighted by atomic mass is 16.2. The van der Waals surface area contributed by atoms with Gasteiger partial charge >= 0.3 is 0 Å². The number of carbonyl (C=O) groups excluding carboxylic acids is 1. The number of carbonyl (C=O) groups is 1. The number of aromatic nitrogens is 2. The van der Waals surface area contributed by atoms with E-state index in [1.165, 1.54) is 6.42 Å². The number of piperidine rings is 1. The molecule has 1 unspecified atom stereocenters. The second-order valence-electron chi connectivity index (χ2n) is 5.57. The highest BCUT2D eigenvalue weighted by Crippen LogP contribution is 2.20. The maximum Gasteiger partial charge on any atom is 0.222 e. The van der Waals surface area contributed by atoms with Gasteiger partial charge in [-0.1, -0.05) is 0 Å². The Balaban J connectivity index is 1.45. The molecule has 0 aliphatic carbocycles. The maximum atomic E-state index is 11.7. The van der Waals surface area contributed by atoms with Crippen LogP contribution in [0, 0.1) is 0 Å². The highest BCUT2D eigenvalue weighted by Gasteiger charge is 2.25. The molecule has 2 fully saturated rings. The molecule has 104 valence electrons. The van der Waals surface area contributed by atoms with Crippen molar-refractivity contribution in [1.29, 1.82) is 0 Å². The molecule has 5 heteroatoms. The van der Waals surface area contributed by atoms with E-state index in [0.29, 0.717) is 11.9 Å². The van der Waals surface area contributed by atoms with Crippen molar-refractivity contribution in [1.82, 2.24) is 19.6 Å². The van der Waals surface area contributed by atoms with Gasteiger partial charge in [0, 0.05) is 51.5 Å². The molecule has 0 spiro atoms. The molecule has 0 N–H and O–H groups in total. The van der Waals surface area contributed by atoms with E-state index in [9.17, 15) is 4.79 Å². The number of likely N-dealkylation sites (tertiary alicyclic amines) is 2. The molecule has 2 aliphatic heterocycles. The van der Waals surface area contributed by atoms with Gasteiger partial charge < -0.3 is 4.90 Å². The van der Waals surface area contributed by atoms with Crippen LogP contribution in [0.25, 0.3) is 0 Å². The monoisotopic (exact) mass is 262 g/mol. The molecule has 2 aliphatic rings. The summed E-state index contributed by atoms with van der Waals surface area (Å²) in [5.41, 5.74) is 0. The molecule has 3 heterocycles. The quantitative estimate of drug-likeness (QED) is 0.817. The smallest absolute Gasteiger partial charge is 0.222 e. The maximum absolute atomic E-state index is 11.7. The number of rotatable bonds is 4. The van der Waals surface area contributed by atoms with Gasteiger partial charge in [0.15, 0.2) is 0 Å². The summed E-state index contributed by atoms with van der Waals surface area (Å²) in [7, 11) is 0. The molecule has 1 atom stereocenters. The van der Waals surface area contributed by atoms with Crippen LogP contribution in [-0.4, -0.2) is 58.2 Å². The summed E-state index contributed by atoms with van der Waals surface area (Å²) in [6.45, 7) is 5.03. The highest BCUT2D eigenvalue weighted by molar-refractivity contribution is 5.76. The predicted molar refractivity (Wildman–Crippen MR) is 72.8 cm³/mol. The lowest BCUT2D eigenvalue weighted by molar-refractivity contribution is -0.133. The van der Waals surface area contributed by atoms with E-state index in [1.54, 1.807) is 0 Å². The van der Waals surface area contributed by atoms with Crippen LogP contribution in [0.15, 0.2) is 18.5 Å². The van der Waals surface area contributed by atoms with Gasteiger partial charge in [-0.2, -0.15) is 5.10 Å². The molecular weight excluding hydrogens is 240 g/mol. The fraction of sp³-hybridized carbons (Fsp3) is 0.714. The van der Waals surface area contributed by atoms with Crippen LogP contribution in [-0.2, 0) is 4.79 Å². The average molecular weight is 262 g/mol. The molecule has 0 saturated carbocycles. The zero-order valence-corrected chi connectivity index (χ0v) is 11.4. The Morgan fingerprint density at radius 3 is 3.00 bits per heavy atom. The molecule has 1 amide bonds. The Labute approximate surface area is 114 Å². The number of hydrogen-bond donors (Lipinski definition) is 0. The molecule has 5 nitrogen and oxygen atoms in total. The molecule has 0 bridgehead atoms. The molecular formula is C14H22N4O. The van der Waals surface area contributed by atoms with Crippen LogP contribution < -0.4 is 0 Å². The van der Waals surface area contributed by atoms with Gasteiger partial charge in [0.1, 0.15) is 0 Å². The summed E-state index contributed by atoms with van der Waals surface area (Å²) in [4.78, 5) is 16.2. The SMILES string of the molecule is O=C1CCCCN1CCN1CCC(n2cccn2)C1. The van der Waals surface area contributed by atoms with E-state index >= 15 is 0 Å². The lowest BCUT2D eigenvalue weighted by Crippen LogP contribution is -2.40. The average Bonchev–Trinajstić information content (AvgIpc) is 3.09. The number of hydrogen-bond acceptors (Lipinski definition) is 3. The van der Waals surface area contributed by atoms with Crippen LogP contribution in [0.5, 0.6) is 0 Å². The molecule has 0 radical (unpaired) electrons. The van der Waals surface area contributed by atoms with Crippen molar-refractivity contribution in [3.8, 4) is 0 Å². The van der Waals surface area contributed by atoms with E-state index in [0.717, 1.165) is 52.0 Å². The molecule has 3 rings (SSSR count). The molecule has 1 aromatic heterocycles. The van der Waals surface area contributed by atoms with Crippen molar-refractivity contribution in [3.05, 3.63) is 18.5 Å². The third-order valence-electron chi connectivity index (χ3n) is 4.25. The summed E-state index contributed by atoms with van der Waals surface area (Å²) in [5, 5.41) is 4.32. The summed E-state index contributed by atoms with van der Waals surface area (Å²) in [6, 6.07) is 2.49. The summed E-state index contributed by atoms with van der Waals surface area (Å²) < 4.78 is 2.06. The van der Waals surface area contributed by atoms with Crippen molar-refractivity contribution >= 4 is 5.91 Å². The van der Waals surface area contributed by atoms with Gasteiger partial charge in [-0.25, -0.2) is 0 Å². The minimum Gasteiger partial charge on any atom is -0.341 e. The lowest BCUT2D eigenvalue weighted by Gasteiger charge is -2.28. The first kappa shape index (κ1) is 12.7. The van der Waals surface area contributed by atoms with Gasteiger partial charge in [-0.3, -0.25) is 14.4 Å². The van der Waals surface area contributed by atoms with E-state index in [1.807, 2.05) is 23.4 Å². The van der Waals surface area contributed by atoms with E-state index in [2.05, 4.69) is 14.7 Å². The minimum atomic E-state index is 0.342. The zero-order valence-electron chi connectivity index (χ0n) is 11.4. The van der Waals surface area contributed by atoms with E-state index in [-0.39, 0.29) is 0 Å². The van der Waals surface area contributed by atoms with Crippen LogP contribution in [0.1, 0.15) is 31.7 Å². The third kappa shape index (κ3) is 2.97. The Hall–Kier alpha value is -1.36. The van der Waals surface area contributed by atoms with Crippen LogP contribution in [0.3, 0.4) is 0 Å². The first-order valence-corrected chi connectivity index (χ1v) is 7.32. The standard InChI is InChI=1S/C14H22N4O/c19-14-4-1-2-7-17(14)11-10-16-9-5-13(12-16)18-8-3-6-15-18/h3,6,8,13H,1-2,4-5,7,9-12H2. The minimum absolute atomic E-state index is 0.342. The fourth-order valence-corrected chi connectivity index (χ4v) is 3.09. The second kappa shape index (κ2) is 5.74. The van der Waals surface area contributed by atoms with Gasteiger partial charge in [0.2, 0.25) is 5.91 Å². The topological polar surface area (TPSA) is 41.4 Å². The molecule has 1 aromatic rings. The third-order valence-corrected chi connectivity index (χ3v) is 4.25. The molecule has 2 saturated heterocycles. The van der Waals surface area contributed by atoms with Crippen molar-refractivity contribution in [2.24, 2.45) is 0 Å². The number of amides is 1. The largest absolute Gasteiger partial charge is 0.341 e. The normalized spacial score (nSPS) is 25.2. The summed E-state index contributed by atoms with van der Waals surface area (Å²) in [5.74, 6) is 0.342. The Kier molecular flexibility index (Phi) is 3.82. The Morgan fingerprint density at radius 2 is 2.21 bits per heavy atom. The molecule has 0 aromatic carbocycles. The van der Waals surface area contributed by atoms with Crippen LogP contribution in [0.2, 0.25) is 0 Å². The lowest BCUT2D eigenvalue weighted by atomic mass is 10.1. The van der Waals surface area contributed by atoms with Gasteiger partial charge in [-0.15, -0.1) is 0 Å². The van der Waals surface area contributed by atoms with Crippen molar-refractivity contribution < 1.29 is 4.79 Å². The Bertz CT molecular complexity index is 417. The predicted octanol–water partition coefficient (Wildman–Crippen LogP) is 1.14. The van der Waals surface area contributed by atoms with Crippen molar-refractivity contribution in [3.63, 3.8) is 0 Å². The first-order chi connectivity index (χ1) is 9.33. The van der Waals surface area contributed by atoms with Crippen molar-refractivity contribution in [2.45, 2.75) is 31.7 Å². The first-order valence-electron chi connectivity index (χ1n) is 7.32. The molecule has 19 heavy (non-hydrogen) atoms. The van der Waals surface area contributed by atoms with Gasteiger partial charge in [0.25, 0.3) is 0 Å². The van der Waals surface area contributed by atoms with Crippen molar-refractivity contribution in [2.75, 3.05) is 32.7 Å². The summed E-state index contributed by atoms with van der Waals surface area (Å²) in [6.07, 6.45) is 8.03. The van der Waals surface area contributed by atoms with Crippen LogP contribution >= 0.6 is 0 Å².